The quantitative estimate of drug-likeness (QED) is 0.929. The second-order valence-electron chi connectivity index (χ2n) is 5.75. The molecular weight excluding hydrogens is 280 g/mol. The first-order valence-electron chi connectivity index (χ1n) is 7.84. The molecule has 1 heterocycles. The molecule has 1 saturated heterocycles. The molecule has 0 aliphatic carbocycles. The van der Waals surface area contributed by atoms with Gasteiger partial charge < -0.3 is 15.4 Å². The standard InChI is InChI=1S/C17H24N2O3/c1-3-22-17(21)19-11-5-4-6-14(19)15(16(18)20)13-9-7-12(2)8-10-13/h7-10,14-15H,3-6,11H2,1-2H3,(H2,18,20). The summed E-state index contributed by atoms with van der Waals surface area (Å²) >= 11 is 0. The first-order chi connectivity index (χ1) is 10.5. The second kappa shape index (κ2) is 7.29. The summed E-state index contributed by atoms with van der Waals surface area (Å²) in [5.41, 5.74) is 7.64. The molecule has 1 aliphatic heterocycles. The van der Waals surface area contributed by atoms with Gasteiger partial charge in [0.25, 0.3) is 0 Å². The van der Waals surface area contributed by atoms with Gasteiger partial charge in [-0.25, -0.2) is 4.79 Å². The van der Waals surface area contributed by atoms with Crippen LogP contribution < -0.4 is 5.73 Å². The fourth-order valence-corrected chi connectivity index (χ4v) is 3.09. The lowest BCUT2D eigenvalue weighted by atomic mass is 9.84. The number of nitrogens with two attached hydrogens (primary N) is 1. The summed E-state index contributed by atoms with van der Waals surface area (Å²) in [7, 11) is 0. The molecule has 0 radical (unpaired) electrons. The van der Waals surface area contributed by atoms with Crippen LogP contribution in [0.15, 0.2) is 24.3 Å². The van der Waals surface area contributed by atoms with Gasteiger partial charge in [0.2, 0.25) is 5.91 Å². The van der Waals surface area contributed by atoms with E-state index in [2.05, 4.69) is 0 Å². The highest BCUT2D eigenvalue weighted by molar-refractivity contribution is 5.83. The van der Waals surface area contributed by atoms with Crippen LogP contribution >= 0.6 is 0 Å². The molecule has 1 aromatic carbocycles. The van der Waals surface area contributed by atoms with Crippen LogP contribution in [0.5, 0.6) is 0 Å². The lowest BCUT2D eigenvalue weighted by molar-refractivity contribution is -0.121. The van der Waals surface area contributed by atoms with Crippen LogP contribution in [0.25, 0.3) is 0 Å². The Morgan fingerprint density at radius 2 is 2.00 bits per heavy atom. The summed E-state index contributed by atoms with van der Waals surface area (Å²) in [5.74, 6) is -0.893. The molecule has 5 heteroatoms. The van der Waals surface area contributed by atoms with Crippen LogP contribution in [-0.4, -0.2) is 36.1 Å². The van der Waals surface area contributed by atoms with Crippen molar-refractivity contribution in [2.75, 3.05) is 13.2 Å². The zero-order valence-corrected chi connectivity index (χ0v) is 13.2. The zero-order chi connectivity index (χ0) is 16.1. The number of aryl methyl sites for hydroxylation is 1. The van der Waals surface area contributed by atoms with Crippen LogP contribution in [0.2, 0.25) is 0 Å². The number of benzene rings is 1. The first kappa shape index (κ1) is 16.3. The van der Waals surface area contributed by atoms with Crippen LogP contribution in [0.4, 0.5) is 4.79 Å². The van der Waals surface area contributed by atoms with Crippen molar-refractivity contribution < 1.29 is 14.3 Å². The highest BCUT2D eigenvalue weighted by Crippen LogP contribution is 2.31. The maximum Gasteiger partial charge on any atom is 0.410 e. The van der Waals surface area contributed by atoms with Gasteiger partial charge in [-0.05, 0) is 38.7 Å². The van der Waals surface area contributed by atoms with E-state index < -0.39 is 11.8 Å². The van der Waals surface area contributed by atoms with Gasteiger partial charge in [0.15, 0.2) is 0 Å². The fourth-order valence-electron chi connectivity index (χ4n) is 3.09. The minimum atomic E-state index is -0.495. The van der Waals surface area contributed by atoms with Gasteiger partial charge in [-0.1, -0.05) is 29.8 Å². The number of amides is 2. The molecule has 5 nitrogen and oxygen atoms in total. The molecule has 0 saturated carbocycles. The first-order valence-corrected chi connectivity index (χ1v) is 7.84. The van der Waals surface area contributed by atoms with Crippen LogP contribution in [0.1, 0.15) is 43.2 Å². The molecule has 2 amide bonds. The van der Waals surface area contributed by atoms with E-state index in [1.165, 1.54) is 0 Å². The van der Waals surface area contributed by atoms with Crippen molar-refractivity contribution >= 4 is 12.0 Å². The van der Waals surface area contributed by atoms with Crippen molar-refractivity contribution in [3.8, 4) is 0 Å². The summed E-state index contributed by atoms with van der Waals surface area (Å²) < 4.78 is 5.13. The zero-order valence-electron chi connectivity index (χ0n) is 13.2. The van der Waals surface area contributed by atoms with E-state index in [-0.39, 0.29) is 12.1 Å². The van der Waals surface area contributed by atoms with Gasteiger partial charge in [-0.3, -0.25) is 4.79 Å². The number of hydrogen-bond donors (Lipinski definition) is 1. The number of likely N-dealkylation sites (tertiary alicyclic amines) is 1. The Hall–Kier alpha value is -2.04. The van der Waals surface area contributed by atoms with Gasteiger partial charge in [0, 0.05) is 6.54 Å². The number of carbonyl (C=O) groups is 2. The molecule has 120 valence electrons. The largest absolute Gasteiger partial charge is 0.450 e. The van der Waals surface area contributed by atoms with Crippen LogP contribution in [0.3, 0.4) is 0 Å². The number of carbonyl (C=O) groups excluding carboxylic acids is 2. The van der Waals surface area contributed by atoms with Crippen LogP contribution in [-0.2, 0) is 9.53 Å². The SMILES string of the molecule is CCOC(=O)N1CCCCC1C(C(N)=O)c1ccc(C)cc1. The molecule has 22 heavy (non-hydrogen) atoms. The predicted octanol–water partition coefficient (Wildman–Crippen LogP) is 2.57. The highest BCUT2D eigenvalue weighted by atomic mass is 16.6. The van der Waals surface area contributed by atoms with Gasteiger partial charge in [-0.15, -0.1) is 0 Å². The summed E-state index contributed by atoms with van der Waals surface area (Å²) in [6.45, 7) is 4.71. The number of primary amides is 1. The van der Waals surface area contributed by atoms with Gasteiger partial charge in [0.05, 0.1) is 18.6 Å². The molecule has 0 aromatic heterocycles. The third-order valence-corrected chi connectivity index (χ3v) is 4.18. The molecular formula is C17H24N2O3. The summed E-state index contributed by atoms with van der Waals surface area (Å²) in [4.78, 5) is 25.9. The van der Waals surface area contributed by atoms with Gasteiger partial charge in [-0.2, -0.15) is 0 Å². The Kier molecular flexibility index (Phi) is 5.41. The van der Waals surface area contributed by atoms with Crippen molar-refractivity contribution in [2.24, 2.45) is 5.73 Å². The monoisotopic (exact) mass is 304 g/mol. The number of rotatable bonds is 4. The van der Waals surface area contributed by atoms with Crippen molar-refractivity contribution in [2.45, 2.75) is 45.1 Å². The molecule has 2 rings (SSSR count). The lowest BCUT2D eigenvalue weighted by Crippen LogP contribution is -2.50. The van der Waals surface area contributed by atoms with E-state index in [1.54, 1.807) is 11.8 Å². The van der Waals surface area contributed by atoms with E-state index in [9.17, 15) is 9.59 Å². The Bertz CT molecular complexity index is 527. The molecule has 1 fully saturated rings. The van der Waals surface area contributed by atoms with Crippen molar-refractivity contribution in [1.29, 1.82) is 0 Å². The number of nitrogens with zero attached hydrogens (tertiary/aromatic N) is 1. The Balaban J connectivity index is 2.30. The van der Waals surface area contributed by atoms with E-state index in [1.807, 2.05) is 31.2 Å². The van der Waals surface area contributed by atoms with E-state index >= 15 is 0 Å². The maximum absolute atomic E-state index is 12.2. The lowest BCUT2D eigenvalue weighted by Gasteiger charge is -2.38. The summed E-state index contributed by atoms with van der Waals surface area (Å²) in [6, 6.07) is 7.53. The Morgan fingerprint density at radius 3 is 2.59 bits per heavy atom. The highest BCUT2D eigenvalue weighted by Gasteiger charge is 2.37. The number of hydrogen-bond acceptors (Lipinski definition) is 3. The van der Waals surface area contributed by atoms with Gasteiger partial charge >= 0.3 is 6.09 Å². The van der Waals surface area contributed by atoms with E-state index in [0.29, 0.717) is 13.2 Å². The third kappa shape index (κ3) is 3.59. The normalized spacial score (nSPS) is 19.5. The average Bonchev–Trinajstić information content (AvgIpc) is 2.50. The predicted molar refractivity (Wildman–Crippen MR) is 84.5 cm³/mol. The summed E-state index contributed by atoms with van der Waals surface area (Å²) in [5, 5.41) is 0. The molecule has 0 bridgehead atoms. The average molecular weight is 304 g/mol. The Morgan fingerprint density at radius 1 is 1.32 bits per heavy atom. The maximum atomic E-state index is 12.2. The van der Waals surface area contributed by atoms with E-state index in [0.717, 1.165) is 30.4 Å². The molecule has 0 spiro atoms. The number of ether oxygens (including phenoxy) is 1. The van der Waals surface area contributed by atoms with Crippen molar-refractivity contribution in [1.82, 2.24) is 4.90 Å². The Labute approximate surface area is 131 Å². The molecule has 2 N–H and O–H groups in total. The second-order valence-corrected chi connectivity index (χ2v) is 5.75. The molecule has 1 aliphatic rings. The van der Waals surface area contributed by atoms with Crippen molar-refractivity contribution in [3.05, 3.63) is 35.4 Å². The van der Waals surface area contributed by atoms with Gasteiger partial charge in [0.1, 0.15) is 0 Å². The third-order valence-electron chi connectivity index (χ3n) is 4.18. The molecule has 2 unspecified atom stereocenters. The van der Waals surface area contributed by atoms with Crippen LogP contribution in [0, 0.1) is 6.92 Å². The fraction of sp³-hybridized carbons (Fsp3) is 0.529. The van der Waals surface area contributed by atoms with Crippen molar-refractivity contribution in [3.63, 3.8) is 0 Å². The molecule has 1 aromatic rings. The van der Waals surface area contributed by atoms with E-state index in [4.69, 9.17) is 10.5 Å². The smallest absolute Gasteiger partial charge is 0.410 e. The minimum Gasteiger partial charge on any atom is -0.450 e. The summed E-state index contributed by atoms with van der Waals surface area (Å²) in [6.07, 6.45) is 2.32. The number of piperidine rings is 1. The minimum absolute atomic E-state index is 0.229. The topological polar surface area (TPSA) is 72.6 Å². The molecule has 2 atom stereocenters.